The van der Waals surface area contributed by atoms with Gasteiger partial charge in [0.05, 0.1) is 22.9 Å². The van der Waals surface area contributed by atoms with Gasteiger partial charge in [0, 0.05) is 19.3 Å². The molecule has 0 radical (unpaired) electrons. The van der Waals surface area contributed by atoms with Crippen LogP contribution < -0.4 is 10.2 Å². The fourth-order valence-electron chi connectivity index (χ4n) is 3.52. The van der Waals surface area contributed by atoms with E-state index < -0.39 is 12.7 Å². The van der Waals surface area contributed by atoms with Crippen molar-refractivity contribution in [3.8, 4) is 0 Å². The maximum absolute atomic E-state index is 11.5. The number of halogens is 4. The molecule has 160 valence electrons. The van der Waals surface area contributed by atoms with Gasteiger partial charge in [-0.05, 0) is 62.8 Å². The van der Waals surface area contributed by atoms with Crippen LogP contribution in [0.1, 0.15) is 36.6 Å². The molecule has 1 fully saturated rings. The molecule has 1 aromatic heterocycles. The van der Waals surface area contributed by atoms with Crippen molar-refractivity contribution in [3.05, 3.63) is 40.2 Å². The number of imidazole rings is 1. The zero-order valence-corrected chi connectivity index (χ0v) is 17.9. The van der Waals surface area contributed by atoms with E-state index in [2.05, 4.69) is 47.8 Å². The Labute approximate surface area is 175 Å². The molecule has 2 aromatic rings. The summed E-state index contributed by atoms with van der Waals surface area (Å²) in [6, 6.07) is 4.20. The van der Waals surface area contributed by atoms with Crippen molar-refractivity contribution in [1.29, 1.82) is 0 Å². The van der Waals surface area contributed by atoms with Crippen molar-refractivity contribution in [2.75, 3.05) is 24.5 Å². The summed E-state index contributed by atoms with van der Waals surface area (Å²) in [4.78, 5) is 6.93. The Morgan fingerprint density at radius 2 is 1.93 bits per heavy atom. The van der Waals surface area contributed by atoms with Crippen LogP contribution in [0.2, 0.25) is 5.02 Å². The topological polar surface area (TPSA) is 33.1 Å². The van der Waals surface area contributed by atoms with Gasteiger partial charge in [0.15, 0.2) is 0 Å². The highest BCUT2D eigenvalue weighted by molar-refractivity contribution is 6.33. The summed E-state index contributed by atoms with van der Waals surface area (Å²) >= 11 is 6.44. The zero-order chi connectivity index (χ0) is 21.2. The molecule has 2 heterocycles. The Morgan fingerprint density at radius 1 is 1.21 bits per heavy atom. The smallest absolute Gasteiger partial charge is 0.315 e. The van der Waals surface area contributed by atoms with E-state index in [9.17, 15) is 13.2 Å². The lowest BCUT2D eigenvalue weighted by molar-refractivity contribution is -0.124. The molecule has 0 saturated heterocycles. The van der Waals surface area contributed by atoms with E-state index in [1.807, 2.05) is 6.07 Å². The third kappa shape index (κ3) is 5.89. The van der Waals surface area contributed by atoms with Gasteiger partial charge in [-0.15, -0.1) is 0 Å². The summed E-state index contributed by atoms with van der Waals surface area (Å²) in [5.41, 5.74) is 4.64. The minimum atomic E-state index is -4.05. The van der Waals surface area contributed by atoms with E-state index >= 15 is 0 Å². The highest BCUT2D eigenvalue weighted by Gasteiger charge is 2.28. The molecule has 2 aliphatic rings. The molecule has 1 N–H and O–H groups in total. The summed E-state index contributed by atoms with van der Waals surface area (Å²) in [7, 11) is 0. The number of rotatable bonds is 5. The van der Waals surface area contributed by atoms with Crippen LogP contribution in [-0.4, -0.2) is 35.4 Å². The number of hydrogen-bond acceptors (Lipinski definition) is 3. The number of nitrogens with one attached hydrogen (secondary N) is 1. The van der Waals surface area contributed by atoms with E-state index in [0.717, 1.165) is 54.7 Å². The number of nitrogens with zero attached hydrogens (tertiary/aromatic N) is 3. The highest BCUT2D eigenvalue weighted by Crippen LogP contribution is 2.37. The standard InChI is InChI=1S/C15H18ClN3.C6H10F3N/c1-4-12-9-18-5-6-19(15(18)17-12)14-11(3)7-10(2)8-13(14)16;7-6(8,9)4-10-3-5-1-2-5/h7-9H,4-6H2,1-3H3;5,10H,1-4H2. The van der Waals surface area contributed by atoms with Crippen LogP contribution in [-0.2, 0) is 13.0 Å². The van der Waals surface area contributed by atoms with Crippen LogP contribution in [0.15, 0.2) is 18.3 Å². The molecule has 29 heavy (non-hydrogen) atoms. The number of aromatic nitrogens is 2. The Morgan fingerprint density at radius 3 is 2.52 bits per heavy atom. The second-order valence-corrected chi connectivity index (χ2v) is 8.24. The number of aryl methyl sites for hydroxylation is 3. The van der Waals surface area contributed by atoms with Gasteiger partial charge in [0.1, 0.15) is 0 Å². The van der Waals surface area contributed by atoms with Gasteiger partial charge in [-0.3, -0.25) is 0 Å². The predicted molar refractivity (Wildman–Crippen MR) is 111 cm³/mol. The average molecular weight is 429 g/mol. The summed E-state index contributed by atoms with van der Waals surface area (Å²) in [5, 5.41) is 3.17. The average Bonchev–Trinajstić information content (AvgIpc) is 3.21. The first kappa shape index (κ1) is 22.0. The summed E-state index contributed by atoms with van der Waals surface area (Å²) in [6.45, 7) is 7.92. The van der Waals surface area contributed by atoms with Gasteiger partial charge >= 0.3 is 6.18 Å². The van der Waals surface area contributed by atoms with Crippen molar-refractivity contribution < 1.29 is 13.2 Å². The molecule has 4 nitrogen and oxygen atoms in total. The van der Waals surface area contributed by atoms with Crippen molar-refractivity contribution in [2.24, 2.45) is 5.92 Å². The minimum absolute atomic E-state index is 0.516. The maximum atomic E-state index is 11.5. The molecule has 1 saturated carbocycles. The van der Waals surface area contributed by atoms with E-state index in [0.29, 0.717) is 12.5 Å². The third-order valence-corrected chi connectivity index (χ3v) is 5.39. The van der Waals surface area contributed by atoms with Crippen LogP contribution in [0.3, 0.4) is 0 Å². The fraction of sp³-hybridized carbons (Fsp3) is 0.571. The van der Waals surface area contributed by atoms with Crippen molar-refractivity contribution >= 4 is 23.2 Å². The van der Waals surface area contributed by atoms with Crippen molar-refractivity contribution in [2.45, 2.75) is 52.8 Å². The van der Waals surface area contributed by atoms with Crippen molar-refractivity contribution in [1.82, 2.24) is 14.9 Å². The Hall–Kier alpha value is -1.73. The van der Waals surface area contributed by atoms with Gasteiger partial charge in [-0.1, -0.05) is 24.6 Å². The molecular weight excluding hydrogens is 401 g/mol. The number of benzene rings is 1. The fourth-order valence-corrected chi connectivity index (χ4v) is 3.94. The minimum Gasteiger partial charge on any atom is -0.315 e. The molecule has 0 spiro atoms. The summed E-state index contributed by atoms with van der Waals surface area (Å²) in [5.74, 6) is 1.54. The van der Waals surface area contributed by atoms with Crippen molar-refractivity contribution in [3.63, 3.8) is 0 Å². The Kier molecular flexibility index (Phi) is 6.79. The van der Waals surface area contributed by atoms with Crippen LogP contribution in [0, 0.1) is 19.8 Å². The van der Waals surface area contributed by atoms with Crippen LogP contribution in [0.25, 0.3) is 0 Å². The SMILES string of the molecule is CCc1cn2c(n1)N(c1c(C)cc(C)cc1Cl)CC2.FC(F)(F)CNCC1CC1. The first-order chi connectivity index (χ1) is 13.7. The normalized spacial score (nSPS) is 15.9. The Balaban J connectivity index is 0.000000204. The molecule has 0 atom stereocenters. The van der Waals surface area contributed by atoms with Gasteiger partial charge in [-0.25, -0.2) is 4.98 Å². The largest absolute Gasteiger partial charge is 0.401 e. The monoisotopic (exact) mass is 428 g/mol. The number of alkyl halides is 3. The molecule has 0 bridgehead atoms. The molecule has 1 aromatic carbocycles. The van der Waals surface area contributed by atoms with E-state index in [4.69, 9.17) is 16.6 Å². The van der Waals surface area contributed by atoms with Gasteiger partial charge in [-0.2, -0.15) is 13.2 Å². The van der Waals surface area contributed by atoms with Crippen LogP contribution in [0.4, 0.5) is 24.8 Å². The van der Waals surface area contributed by atoms with E-state index in [1.54, 1.807) is 0 Å². The van der Waals surface area contributed by atoms with Gasteiger partial charge < -0.3 is 14.8 Å². The van der Waals surface area contributed by atoms with E-state index in [1.165, 1.54) is 11.1 Å². The van der Waals surface area contributed by atoms with Gasteiger partial charge in [0.2, 0.25) is 5.95 Å². The van der Waals surface area contributed by atoms with Gasteiger partial charge in [0.25, 0.3) is 0 Å². The Bertz CT molecular complexity index is 820. The van der Waals surface area contributed by atoms with E-state index in [-0.39, 0.29) is 0 Å². The third-order valence-electron chi connectivity index (χ3n) is 5.10. The molecule has 1 aliphatic carbocycles. The molecule has 1 aliphatic heterocycles. The zero-order valence-electron chi connectivity index (χ0n) is 17.1. The number of hydrogen-bond donors (Lipinski definition) is 1. The molecule has 0 amide bonds. The predicted octanol–water partition coefficient (Wildman–Crippen LogP) is 5.42. The summed E-state index contributed by atoms with van der Waals surface area (Å²) in [6.07, 6.45) is 1.24. The summed E-state index contributed by atoms with van der Waals surface area (Å²) < 4.78 is 36.6. The maximum Gasteiger partial charge on any atom is 0.401 e. The molecule has 0 unspecified atom stereocenters. The first-order valence-electron chi connectivity index (χ1n) is 10.1. The lowest BCUT2D eigenvalue weighted by Crippen LogP contribution is -2.30. The highest BCUT2D eigenvalue weighted by atomic mass is 35.5. The second kappa shape index (κ2) is 8.96. The first-order valence-corrected chi connectivity index (χ1v) is 10.4. The molecule has 8 heteroatoms. The van der Waals surface area contributed by atoms with Crippen LogP contribution >= 0.6 is 11.6 Å². The molecular formula is C21H28ClF3N4. The number of anilines is 2. The quantitative estimate of drug-likeness (QED) is 0.690. The van der Waals surface area contributed by atoms with Crippen LogP contribution in [0.5, 0.6) is 0 Å². The second-order valence-electron chi connectivity index (χ2n) is 7.83. The molecule has 4 rings (SSSR count). The lowest BCUT2D eigenvalue weighted by Gasteiger charge is -2.20. The lowest BCUT2D eigenvalue weighted by atomic mass is 10.1. The number of fused-ring (bicyclic) bond motifs is 1.